The molecule has 3 nitrogen and oxygen atoms in total. The van der Waals surface area contributed by atoms with Crippen LogP contribution in [0.1, 0.15) is 16.1 Å². The van der Waals surface area contributed by atoms with Crippen molar-refractivity contribution in [2.45, 2.75) is 12.1 Å². The van der Waals surface area contributed by atoms with Crippen molar-refractivity contribution in [3.63, 3.8) is 0 Å². The first-order valence-corrected chi connectivity index (χ1v) is 6.36. The zero-order valence-electron chi connectivity index (χ0n) is 9.91. The van der Waals surface area contributed by atoms with Crippen molar-refractivity contribution in [1.82, 2.24) is 9.97 Å². The second kappa shape index (κ2) is 6.12. The summed E-state index contributed by atoms with van der Waals surface area (Å²) in [6.07, 6.45) is 3.24. The smallest absolute Gasteiger partial charge is 0.192 e. The minimum absolute atomic E-state index is 0.0178. The van der Waals surface area contributed by atoms with E-state index < -0.39 is 0 Å². The van der Waals surface area contributed by atoms with Gasteiger partial charge in [0, 0.05) is 17.5 Å². The lowest BCUT2D eigenvalue weighted by molar-refractivity contribution is 0.104. The highest BCUT2D eigenvalue weighted by Gasteiger charge is 2.00. The van der Waals surface area contributed by atoms with Gasteiger partial charge in [-0.05, 0) is 24.5 Å². The number of allylic oxidation sites excluding steroid dienone is 1. The molecule has 0 atom stereocenters. The maximum atomic E-state index is 11.8. The first-order valence-electron chi connectivity index (χ1n) is 5.48. The van der Waals surface area contributed by atoms with Crippen molar-refractivity contribution < 1.29 is 4.79 Å². The lowest BCUT2D eigenvalue weighted by Crippen LogP contribution is -1.92. The highest BCUT2D eigenvalue weighted by molar-refractivity contribution is 8.02. The highest BCUT2D eigenvalue weighted by atomic mass is 32.2. The predicted octanol–water partition coefficient (Wildman–Crippen LogP) is 3.27. The molecule has 0 bridgehead atoms. The standard InChI is InChI=1S/C14H12N2OS/c1-11-7-9-15-14(16-11)18-10-8-13(17)12-5-3-2-4-6-12/h2-10H,1H3/b10-8+. The number of carbonyl (C=O) groups is 1. The van der Waals surface area contributed by atoms with Crippen LogP contribution >= 0.6 is 11.8 Å². The van der Waals surface area contributed by atoms with Gasteiger partial charge in [-0.2, -0.15) is 0 Å². The van der Waals surface area contributed by atoms with Crippen molar-refractivity contribution in [2.24, 2.45) is 0 Å². The Bertz CT molecular complexity index is 567. The molecule has 1 heterocycles. The zero-order chi connectivity index (χ0) is 12.8. The fraction of sp³-hybridized carbons (Fsp3) is 0.0714. The summed E-state index contributed by atoms with van der Waals surface area (Å²) in [5.74, 6) is -0.0178. The molecule has 18 heavy (non-hydrogen) atoms. The molecule has 0 aliphatic heterocycles. The predicted molar refractivity (Wildman–Crippen MR) is 72.5 cm³/mol. The molecular weight excluding hydrogens is 244 g/mol. The van der Waals surface area contributed by atoms with Crippen LogP contribution in [0, 0.1) is 6.92 Å². The van der Waals surface area contributed by atoms with Gasteiger partial charge in [0.25, 0.3) is 0 Å². The quantitative estimate of drug-likeness (QED) is 0.364. The minimum atomic E-state index is -0.0178. The molecular formula is C14H12N2OS. The normalized spacial score (nSPS) is 10.7. The largest absolute Gasteiger partial charge is 0.289 e. The molecule has 2 rings (SSSR count). The summed E-state index contributed by atoms with van der Waals surface area (Å²) in [5.41, 5.74) is 1.59. The first kappa shape index (κ1) is 12.5. The maximum absolute atomic E-state index is 11.8. The molecule has 4 heteroatoms. The molecule has 1 aromatic carbocycles. The summed E-state index contributed by atoms with van der Waals surface area (Å²) >= 11 is 1.33. The average Bonchev–Trinajstić information content (AvgIpc) is 2.40. The number of hydrogen-bond donors (Lipinski definition) is 0. The Morgan fingerprint density at radius 1 is 1.22 bits per heavy atom. The minimum Gasteiger partial charge on any atom is -0.289 e. The number of aromatic nitrogens is 2. The molecule has 0 saturated carbocycles. The highest BCUT2D eigenvalue weighted by Crippen LogP contribution is 2.14. The van der Waals surface area contributed by atoms with Crippen LogP contribution in [0.2, 0.25) is 0 Å². The molecule has 0 fully saturated rings. The first-order chi connectivity index (χ1) is 8.75. The average molecular weight is 256 g/mol. The third-order valence-corrected chi connectivity index (χ3v) is 2.90. The summed E-state index contributed by atoms with van der Waals surface area (Å²) in [6.45, 7) is 1.91. The Balaban J connectivity index is 1.98. The van der Waals surface area contributed by atoms with Gasteiger partial charge in [-0.1, -0.05) is 42.1 Å². The molecule has 0 N–H and O–H groups in total. The Kier molecular flexibility index (Phi) is 4.25. The number of thioether (sulfide) groups is 1. The van der Waals surface area contributed by atoms with Crippen molar-refractivity contribution >= 4 is 17.5 Å². The van der Waals surface area contributed by atoms with Gasteiger partial charge in [-0.15, -0.1) is 0 Å². The monoisotopic (exact) mass is 256 g/mol. The van der Waals surface area contributed by atoms with E-state index in [1.807, 2.05) is 31.2 Å². The summed E-state index contributed by atoms with van der Waals surface area (Å²) in [7, 11) is 0. The lowest BCUT2D eigenvalue weighted by Gasteiger charge is -1.96. The Morgan fingerprint density at radius 2 is 2.00 bits per heavy atom. The van der Waals surface area contributed by atoms with Crippen molar-refractivity contribution in [3.05, 3.63) is 65.3 Å². The Labute approximate surface area is 110 Å². The van der Waals surface area contributed by atoms with Crippen LogP contribution < -0.4 is 0 Å². The van der Waals surface area contributed by atoms with Crippen LogP contribution in [0.15, 0.2) is 59.2 Å². The topological polar surface area (TPSA) is 42.9 Å². The van der Waals surface area contributed by atoms with Crippen LogP contribution in [-0.2, 0) is 0 Å². The van der Waals surface area contributed by atoms with Crippen LogP contribution in [0.4, 0.5) is 0 Å². The molecule has 0 saturated heterocycles. The molecule has 0 amide bonds. The van der Waals surface area contributed by atoms with E-state index in [1.54, 1.807) is 23.7 Å². The van der Waals surface area contributed by atoms with E-state index >= 15 is 0 Å². The van der Waals surface area contributed by atoms with Gasteiger partial charge in [0.1, 0.15) is 0 Å². The lowest BCUT2D eigenvalue weighted by atomic mass is 10.1. The van der Waals surface area contributed by atoms with Gasteiger partial charge in [0.05, 0.1) is 0 Å². The second-order valence-electron chi connectivity index (χ2n) is 3.63. The van der Waals surface area contributed by atoms with Crippen LogP contribution in [0.5, 0.6) is 0 Å². The maximum Gasteiger partial charge on any atom is 0.192 e. The third kappa shape index (κ3) is 3.53. The summed E-state index contributed by atoms with van der Waals surface area (Å²) in [4.78, 5) is 20.1. The van der Waals surface area contributed by atoms with Gasteiger partial charge >= 0.3 is 0 Å². The van der Waals surface area contributed by atoms with Crippen molar-refractivity contribution in [2.75, 3.05) is 0 Å². The molecule has 90 valence electrons. The SMILES string of the molecule is Cc1ccnc(S/C=C/C(=O)c2ccccc2)n1. The van der Waals surface area contributed by atoms with E-state index in [9.17, 15) is 4.79 Å². The molecule has 0 spiro atoms. The molecule has 0 aliphatic carbocycles. The second-order valence-corrected chi connectivity index (χ2v) is 4.50. The molecule has 2 aromatic rings. The van der Waals surface area contributed by atoms with Crippen molar-refractivity contribution in [1.29, 1.82) is 0 Å². The number of nitrogens with zero attached hydrogens (tertiary/aromatic N) is 2. The van der Waals surface area contributed by atoms with E-state index in [0.717, 1.165) is 5.69 Å². The fourth-order valence-electron chi connectivity index (χ4n) is 1.34. The van der Waals surface area contributed by atoms with E-state index in [-0.39, 0.29) is 5.78 Å². The zero-order valence-corrected chi connectivity index (χ0v) is 10.7. The molecule has 1 aromatic heterocycles. The van der Waals surface area contributed by atoms with E-state index in [0.29, 0.717) is 10.7 Å². The van der Waals surface area contributed by atoms with Gasteiger partial charge in [-0.25, -0.2) is 9.97 Å². The van der Waals surface area contributed by atoms with Crippen LogP contribution in [-0.4, -0.2) is 15.8 Å². The number of carbonyl (C=O) groups excluding carboxylic acids is 1. The van der Waals surface area contributed by atoms with E-state index in [4.69, 9.17) is 0 Å². The number of hydrogen-bond acceptors (Lipinski definition) is 4. The van der Waals surface area contributed by atoms with E-state index in [1.165, 1.54) is 17.8 Å². The van der Waals surface area contributed by atoms with Crippen LogP contribution in [0.3, 0.4) is 0 Å². The fourth-order valence-corrected chi connectivity index (χ4v) is 1.97. The molecule has 0 radical (unpaired) electrons. The number of benzene rings is 1. The molecule has 0 aliphatic rings. The van der Waals surface area contributed by atoms with Gasteiger partial charge in [-0.3, -0.25) is 4.79 Å². The Hall–Kier alpha value is -1.94. The Morgan fingerprint density at radius 3 is 2.72 bits per heavy atom. The van der Waals surface area contributed by atoms with Gasteiger partial charge < -0.3 is 0 Å². The number of rotatable bonds is 4. The summed E-state index contributed by atoms with van der Waals surface area (Å²) in [5, 5.41) is 2.36. The third-order valence-electron chi connectivity index (χ3n) is 2.22. The summed E-state index contributed by atoms with van der Waals surface area (Å²) in [6, 6.07) is 11.0. The van der Waals surface area contributed by atoms with Crippen molar-refractivity contribution in [3.8, 4) is 0 Å². The van der Waals surface area contributed by atoms with Gasteiger partial charge in [0.15, 0.2) is 10.9 Å². The van der Waals surface area contributed by atoms with E-state index in [2.05, 4.69) is 9.97 Å². The number of aryl methyl sites for hydroxylation is 1. The van der Waals surface area contributed by atoms with Crippen LogP contribution in [0.25, 0.3) is 0 Å². The molecule has 0 unspecified atom stereocenters. The summed E-state index contributed by atoms with van der Waals surface area (Å²) < 4.78 is 0. The number of ketones is 1. The van der Waals surface area contributed by atoms with Gasteiger partial charge in [0.2, 0.25) is 0 Å².